The average molecular weight is 323 g/mol. The molecule has 1 fully saturated rings. The first-order valence-electron chi connectivity index (χ1n) is 8.30. The smallest absolute Gasteiger partial charge is 0.315 e. The van der Waals surface area contributed by atoms with E-state index >= 15 is 0 Å². The van der Waals surface area contributed by atoms with E-state index < -0.39 is 22.9 Å². The molecule has 0 aromatic rings. The number of aliphatic hydroxyl groups is 1. The van der Waals surface area contributed by atoms with Gasteiger partial charge in [0.15, 0.2) is 5.78 Å². The van der Waals surface area contributed by atoms with Crippen molar-refractivity contribution in [3.05, 3.63) is 11.6 Å². The first-order valence-corrected chi connectivity index (χ1v) is 8.30. The van der Waals surface area contributed by atoms with Gasteiger partial charge < -0.3 is 14.7 Å². The maximum atomic E-state index is 13.0. The largest absolute Gasteiger partial charge is 0.468 e. The Morgan fingerprint density at radius 2 is 2.09 bits per heavy atom. The van der Waals surface area contributed by atoms with Crippen molar-refractivity contribution in [2.45, 2.75) is 39.2 Å². The maximum absolute atomic E-state index is 13.0. The molecule has 23 heavy (non-hydrogen) atoms. The lowest BCUT2D eigenvalue weighted by molar-refractivity contribution is -0.171. The summed E-state index contributed by atoms with van der Waals surface area (Å²) in [7, 11) is 5.26. The number of ketones is 1. The lowest BCUT2D eigenvalue weighted by atomic mass is 9.57. The number of rotatable bonds is 4. The van der Waals surface area contributed by atoms with Crippen LogP contribution in [0.3, 0.4) is 0 Å². The van der Waals surface area contributed by atoms with Gasteiger partial charge >= 0.3 is 5.97 Å². The lowest BCUT2D eigenvalue weighted by Crippen LogP contribution is -2.61. The second-order valence-corrected chi connectivity index (χ2v) is 7.74. The van der Waals surface area contributed by atoms with E-state index in [-0.39, 0.29) is 17.6 Å². The molecule has 0 radical (unpaired) electrons. The van der Waals surface area contributed by atoms with Gasteiger partial charge in [-0.25, -0.2) is 0 Å². The minimum absolute atomic E-state index is 0.00419. The Labute approximate surface area is 138 Å². The van der Waals surface area contributed by atoms with Gasteiger partial charge in [0.25, 0.3) is 0 Å². The van der Waals surface area contributed by atoms with E-state index in [1.165, 1.54) is 7.11 Å². The number of carbonyl (C=O) groups excluding carboxylic acids is 2. The van der Waals surface area contributed by atoms with Crippen molar-refractivity contribution in [2.24, 2.45) is 23.2 Å². The summed E-state index contributed by atoms with van der Waals surface area (Å²) >= 11 is 0. The fourth-order valence-electron chi connectivity index (χ4n) is 4.48. The average Bonchev–Trinajstić information content (AvgIpc) is 2.72. The highest BCUT2D eigenvalue weighted by Crippen LogP contribution is 2.59. The summed E-state index contributed by atoms with van der Waals surface area (Å²) in [5.74, 6) is -1.25. The van der Waals surface area contributed by atoms with Gasteiger partial charge in [0, 0.05) is 6.54 Å². The monoisotopic (exact) mass is 323 g/mol. The molecule has 2 aliphatic rings. The molecule has 0 bridgehead atoms. The summed E-state index contributed by atoms with van der Waals surface area (Å²) < 4.78 is 4.98. The highest BCUT2D eigenvalue weighted by molar-refractivity contribution is 6.00. The van der Waals surface area contributed by atoms with Crippen LogP contribution in [0.5, 0.6) is 0 Å². The molecule has 0 spiro atoms. The van der Waals surface area contributed by atoms with Gasteiger partial charge in [-0.15, -0.1) is 0 Å². The van der Waals surface area contributed by atoms with Crippen LogP contribution in [0.15, 0.2) is 11.6 Å². The van der Waals surface area contributed by atoms with Crippen molar-refractivity contribution in [1.29, 1.82) is 0 Å². The molecule has 4 atom stereocenters. The Morgan fingerprint density at radius 1 is 1.48 bits per heavy atom. The highest BCUT2D eigenvalue weighted by Gasteiger charge is 2.67. The predicted molar refractivity (Wildman–Crippen MR) is 87.8 cm³/mol. The first-order chi connectivity index (χ1) is 10.6. The van der Waals surface area contributed by atoms with Crippen LogP contribution in [0.2, 0.25) is 0 Å². The van der Waals surface area contributed by atoms with Crippen molar-refractivity contribution in [3.8, 4) is 0 Å². The normalized spacial score (nSPS) is 37.1. The summed E-state index contributed by atoms with van der Waals surface area (Å²) in [6.45, 7) is 6.41. The summed E-state index contributed by atoms with van der Waals surface area (Å²) in [5, 5.41) is 11.5. The number of methoxy groups -OCH3 is 1. The molecular weight excluding hydrogens is 294 g/mol. The van der Waals surface area contributed by atoms with Crippen LogP contribution in [0, 0.1) is 23.2 Å². The minimum atomic E-state index is -1.37. The SMILES string of the molecule is COC(=O)C1C(C(C)C)=CC(=O)C2(C)C(CN(C)C)CCC12O. The molecule has 1 saturated carbocycles. The van der Waals surface area contributed by atoms with Crippen LogP contribution in [-0.4, -0.2) is 55.1 Å². The van der Waals surface area contributed by atoms with E-state index in [4.69, 9.17) is 4.74 Å². The zero-order valence-electron chi connectivity index (χ0n) is 15.0. The first kappa shape index (κ1) is 18.1. The summed E-state index contributed by atoms with van der Waals surface area (Å²) in [5.41, 5.74) is -1.63. The predicted octanol–water partition coefficient (Wildman–Crippen LogP) is 1.65. The molecule has 0 aliphatic heterocycles. The quantitative estimate of drug-likeness (QED) is 0.797. The number of fused-ring (bicyclic) bond motifs is 1. The van der Waals surface area contributed by atoms with Crippen LogP contribution in [-0.2, 0) is 14.3 Å². The van der Waals surface area contributed by atoms with Gasteiger partial charge in [-0.3, -0.25) is 9.59 Å². The van der Waals surface area contributed by atoms with Crippen molar-refractivity contribution >= 4 is 11.8 Å². The fourth-order valence-corrected chi connectivity index (χ4v) is 4.48. The molecule has 0 aromatic carbocycles. The second kappa shape index (κ2) is 6.02. The Kier molecular flexibility index (Phi) is 4.75. The summed E-state index contributed by atoms with van der Waals surface area (Å²) in [6, 6.07) is 0. The van der Waals surface area contributed by atoms with Crippen LogP contribution in [0.1, 0.15) is 33.6 Å². The molecule has 0 amide bonds. The van der Waals surface area contributed by atoms with Gasteiger partial charge in [0.1, 0.15) is 5.92 Å². The van der Waals surface area contributed by atoms with Gasteiger partial charge in [-0.05, 0) is 57.3 Å². The van der Waals surface area contributed by atoms with Gasteiger partial charge in [0.05, 0.1) is 18.1 Å². The number of ether oxygens (including phenoxy) is 1. The van der Waals surface area contributed by atoms with E-state index in [0.717, 1.165) is 6.42 Å². The molecule has 5 nitrogen and oxygen atoms in total. The topological polar surface area (TPSA) is 66.8 Å². The summed E-state index contributed by atoms with van der Waals surface area (Å²) in [6.07, 6.45) is 2.76. The molecule has 0 saturated heterocycles. The zero-order chi connectivity index (χ0) is 17.6. The number of nitrogens with zero attached hydrogens (tertiary/aromatic N) is 1. The van der Waals surface area contributed by atoms with Gasteiger partial charge in [0.2, 0.25) is 0 Å². The van der Waals surface area contributed by atoms with Crippen LogP contribution in [0.25, 0.3) is 0 Å². The zero-order valence-corrected chi connectivity index (χ0v) is 15.0. The highest BCUT2D eigenvalue weighted by atomic mass is 16.5. The van der Waals surface area contributed by atoms with Crippen molar-refractivity contribution in [1.82, 2.24) is 4.90 Å². The van der Waals surface area contributed by atoms with Crippen molar-refractivity contribution < 1.29 is 19.4 Å². The molecular formula is C18H29NO4. The molecule has 2 aliphatic carbocycles. The minimum Gasteiger partial charge on any atom is -0.468 e. The standard InChI is InChI=1S/C18H29NO4/c1-11(2)13-9-14(20)17(3)12(10-19(4)5)7-8-18(17,22)15(13)16(21)23-6/h9,11-12,15,22H,7-8,10H2,1-6H3. The van der Waals surface area contributed by atoms with Gasteiger partial charge in [-0.1, -0.05) is 13.8 Å². The van der Waals surface area contributed by atoms with Crippen LogP contribution < -0.4 is 0 Å². The number of hydrogen-bond donors (Lipinski definition) is 1. The third-order valence-corrected chi connectivity index (χ3v) is 5.90. The third kappa shape index (κ3) is 2.54. The summed E-state index contributed by atoms with van der Waals surface area (Å²) in [4.78, 5) is 27.5. The number of carbonyl (C=O) groups is 2. The Bertz CT molecular complexity index is 539. The number of hydrogen-bond acceptors (Lipinski definition) is 5. The third-order valence-electron chi connectivity index (χ3n) is 5.90. The van der Waals surface area contributed by atoms with Crippen LogP contribution >= 0.6 is 0 Å². The molecule has 4 unspecified atom stereocenters. The van der Waals surface area contributed by atoms with Gasteiger partial charge in [-0.2, -0.15) is 0 Å². The van der Waals surface area contributed by atoms with E-state index in [0.29, 0.717) is 18.5 Å². The molecule has 0 aromatic heterocycles. The fraction of sp³-hybridized carbons (Fsp3) is 0.778. The number of esters is 1. The van der Waals surface area contributed by atoms with E-state index in [9.17, 15) is 14.7 Å². The number of allylic oxidation sites excluding steroid dienone is 1. The molecule has 130 valence electrons. The van der Waals surface area contributed by atoms with E-state index in [1.807, 2.05) is 39.8 Å². The van der Waals surface area contributed by atoms with Crippen molar-refractivity contribution in [3.63, 3.8) is 0 Å². The second-order valence-electron chi connectivity index (χ2n) is 7.74. The van der Waals surface area contributed by atoms with E-state index in [2.05, 4.69) is 0 Å². The molecule has 2 rings (SSSR count). The molecule has 1 N–H and O–H groups in total. The van der Waals surface area contributed by atoms with Crippen molar-refractivity contribution in [2.75, 3.05) is 27.7 Å². The van der Waals surface area contributed by atoms with Crippen LogP contribution in [0.4, 0.5) is 0 Å². The Hall–Kier alpha value is -1.20. The molecule has 0 heterocycles. The Morgan fingerprint density at radius 3 is 2.57 bits per heavy atom. The lowest BCUT2D eigenvalue weighted by Gasteiger charge is -2.49. The van der Waals surface area contributed by atoms with E-state index in [1.54, 1.807) is 6.08 Å². The molecule has 5 heteroatoms. The maximum Gasteiger partial charge on any atom is 0.315 e. The Balaban J connectivity index is 2.58.